The number of carbonyl (C=O) groups excluding carboxylic acids is 2. The maximum atomic E-state index is 12.9. The van der Waals surface area contributed by atoms with E-state index >= 15 is 0 Å². The van der Waals surface area contributed by atoms with Crippen molar-refractivity contribution in [2.75, 3.05) is 11.6 Å². The normalized spacial score (nSPS) is 11.6. The van der Waals surface area contributed by atoms with E-state index in [9.17, 15) is 18.0 Å². The monoisotopic (exact) mass is 498 g/mol. The number of rotatable bonds is 5. The van der Waals surface area contributed by atoms with Gasteiger partial charge in [0.05, 0.1) is 16.1 Å². The molecular formula is C27H22N4O4S. The molecule has 0 aliphatic rings. The Labute approximate surface area is 207 Å². The first-order valence-corrected chi connectivity index (χ1v) is 13.0. The highest BCUT2D eigenvalue weighted by Gasteiger charge is 2.19. The zero-order chi connectivity index (χ0) is 25.6. The lowest BCUT2D eigenvalue weighted by Crippen LogP contribution is -2.13. The van der Waals surface area contributed by atoms with Crippen LogP contribution in [-0.2, 0) is 9.84 Å². The van der Waals surface area contributed by atoms with E-state index in [0.29, 0.717) is 27.8 Å². The van der Waals surface area contributed by atoms with Crippen molar-refractivity contribution in [2.24, 2.45) is 5.73 Å². The Kier molecular flexibility index (Phi) is 5.57. The fourth-order valence-electron chi connectivity index (χ4n) is 4.23. The van der Waals surface area contributed by atoms with Gasteiger partial charge in [-0.3, -0.25) is 9.59 Å². The van der Waals surface area contributed by atoms with Crippen LogP contribution in [0.15, 0.2) is 83.8 Å². The van der Waals surface area contributed by atoms with Crippen LogP contribution in [0.3, 0.4) is 0 Å². The lowest BCUT2D eigenvalue weighted by atomic mass is 10.0. The minimum absolute atomic E-state index is 0.0911. The Morgan fingerprint density at radius 3 is 2.28 bits per heavy atom. The van der Waals surface area contributed by atoms with Crippen LogP contribution in [0.2, 0.25) is 0 Å². The van der Waals surface area contributed by atoms with Gasteiger partial charge in [0.25, 0.3) is 11.8 Å². The van der Waals surface area contributed by atoms with Gasteiger partial charge in [0.15, 0.2) is 15.5 Å². The summed E-state index contributed by atoms with van der Waals surface area (Å²) in [6, 6.07) is 22.7. The number of nitrogens with one attached hydrogen (secondary N) is 1. The van der Waals surface area contributed by atoms with Crippen LogP contribution >= 0.6 is 0 Å². The number of benzene rings is 4. The summed E-state index contributed by atoms with van der Waals surface area (Å²) >= 11 is 0. The smallest absolute Gasteiger partial charge is 0.269 e. The van der Waals surface area contributed by atoms with E-state index in [1.165, 1.54) is 12.1 Å². The Bertz CT molecular complexity index is 1790. The number of carbonyl (C=O) groups is 2. The van der Waals surface area contributed by atoms with Gasteiger partial charge in [0, 0.05) is 28.3 Å². The number of aromatic nitrogens is 2. The number of hydrogen-bond acceptors (Lipinski definition) is 5. The van der Waals surface area contributed by atoms with Crippen molar-refractivity contribution in [2.45, 2.75) is 11.8 Å². The van der Waals surface area contributed by atoms with Crippen LogP contribution in [0.4, 0.5) is 5.69 Å². The van der Waals surface area contributed by atoms with Crippen LogP contribution in [-0.4, -0.2) is 36.3 Å². The van der Waals surface area contributed by atoms with Crippen LogP contribution in [0, 0.1) is 6.92 Å². The van der Waals surface area contributed by atoms with Crippen LogP contribution < -0.4 is 11.1 Å². The van der Waals surface area contributed by atoms with E-state index in [4.69, 9.17) is 5.73 Å². The average Bonchev–Trinajstić information content (AvgIpc) is 3.24. The molecule has 0 bridgehead atoms. The van der Waals surface area contributed by atoms with E-state index in [1.807, 2.05) is 43.3 Å². The molecule has 0 aliphatic heterocycles. The second kappa shape index (κ2) is 8.62. The fourth-order valence-corrected chi connectivity index (χ4v) is 4.86. The van der Waals surface area contributed by atoms with Crippen molar-refractivity contribution in [1.82, 2.24) is 9.78 Å². The molecule has 0 aliphatic carbocycles. The van der Waals surface area contributed by atoms with Crippen molar-refractivity contribution in [3.8, 4) is 5.69 Å². The molecule has 1 aromatic heterocycles. The van der Waals surface area contributed by atoms with Crippen molar-refractivity contribution in [3.63, 3.8) is 0 Å². The Balaban J connectivity index is 1.68. The van der Waals surface area contributed by atoms with Crippen molar-refractivity contribution in [3.05, 3.63) is 95.7 Å². The third-order valence-corrected chi connectivity index (χ3v) is 7.18. The first-order valence-electron chi connectivity index (χ1n) is 11.1. The number of sulfone groups is 1. The zero-order valence-electron chi connectivity index (χ0n) is 19.5. The molecule has 0 spiro atoms. The van der Waals surface area contributed by atoms with Gasteiger partial charge < -0.3 is 11.1 Å². The number of anilines is 1. The number of aryl methyl sites for hydroxylation is 1. The van der Waals surface area contributed by atoms with E-state index in [-0.39, 0.29) is 16.5 Å². The summed E-state index contributed by atoms with van der Waals surface area (Å²) in [6.07, 6.45) is 1.14. The molecule has 0 fully saturated rings. The molecular weight excluding hydrogens is 476 g/mol. The molecule has 8 nitrogen and oxygen atoms in total. The Morgan fingerprint density at radius 1 is 0.917 bits per heavy atom. The standard InChI is InChI=1S/C27H22N4O4S/c1-16-5-3-4-6-21(16)27(33)29-18-9-7-17-8-14-22-24(26(28)32)30-31(25(22)23(17)15-18)19-10-12-20(13-11-19)36(2,34)35/h3-15H,1-2H3,(H2,28,32)(H,29,33). The summed E-state index contributed by atoms with van der Waals surface area (Å²) in [5, 5.41) is 9.54. The maximum Gasteiger partial charge on any atom is 0.269 e. The summed E-state index contributed by atoms with van der Waals surface area (Å²) in [6.45, 7) is 1.87. The van der Waals surface area contributed by atoms with Crippen molar-refractivity contribution < 1.29 is 18.0 Å². The second-order valence-corrected chi connectivity index (χ2v) is 10.6. The lowest BCUT2D eigenvalue weighted by Gasteiger charge is -2.11. The molecule has 3 N–H and O–H groups in total. The maximum absolute atomic E-state index is 12.9. The SMILES string of the molecule is Cc1ccccc1C(=O)Nc1ccc2ccc3c(C(N)=O)nn(-c4ccc(S(C)(=O)=O)cc4)c3c2c1. The first kappa shape index (κ1) is 23.3. The third kappa shape index (κ3) is 4.09. The van der Waals surface area contributed by atoms with Gasteiger partial charge in [-0.15, -0.1) is 0 Å². The molecule has 0 atom stereocenters. The molecule has 180 valence electrons. The number of primary amides is 1. The molecule has 0 radical (unpaired) electrons. The first-order chi connectivity index (χ1) is 17.1. The zero-order valence-corrected chi connectivity index (χ0v) is 20.3. The van der Waals surface area contributed by atoms with Gasteiger partial charge in [-0.25, -0.2) is 13.1 Å². The molecule has 9 heteroatoms. The predicted molar refractivity (Wildman–Crippen MR) is 139 cm³/mol. The fraction of sp³-hybridized carbons (Fsp3) is 0.0741. The van der Waals surface area contributed by atoms with Gasteiger partial charge in [-0.1, -0.05) is 30.3 Å². The highest BCUT2D eigenvalue weighted by molar-refractivity contribution is 7.90. The highest BCUT2D eigenvalue weighted by Crippen LogP contribution is 2.32. The largest absolute Gasteiger partial charge is 0.364 e. The Morgan fingerprint density at radius 2 is 1.61 bits per heavy atom. The summed E-state index contributed by atoms with van der Waals surface area (Å²) < 4.78 is 25.4. The molecule has 5 rings (SSSR count). The van der Waals surface area contributed by atoms with Gasteiger partial charge in [-0.2, -0.15) is 5.10 Å². The van der Waals surface area contributed by atoms with Crippen LogP contribution in [0.5, 0.6) is 0 Å². The summed E-state index contributed by atoms with van der Waals surface area (Å²) in [4.78, 5) is 25.3. The average molecular weight is 499 g/mol. The quantitative estimate of drug-likeness (QED) is 0.375. The summed E-state index contributed by atoms with van der Waals surface area (Å²) in [5.41, 5.74) is 8.89. The summed E-state index contributed by atoms with van der Waals surface area (Å²) in [7, 11) is -3.37. The van der Waals surface area contributed by atoms with Gasteiger partial charge in [-0.05, 0) is 66.4 Å². The molecule has 4 aromatic carbocycles. The second-order valence-electron chi connectivity index (χ2n) is 8.56. The van der Waals surface area contributed by atoms with Gasteiger partial charge >= 0.3 is 0 Å². The molecule has 0 unspecified atom stereocenters. The molecule has 36 heavy (non-hydrogen) atoms. The number of nitrogens with zero attached hydrogens (tertiary/aromatic N) is 2. The highest BCUT2D eigenvalue weighted by atomic mass is 32.2. The van der Waals surface area contributed by atoms with Crippen molar-refractivity contribution in [1.29, 1.82) is 0 Å². The Hall–Kier alpha value is -4.50. The minimum Gasteiger partial charge on any atom is -0.364 e. The minimum atomic E-state index is -3.37. The number of fused-ring (bicyclic) bond motifs is 3. The predicted octanol–water partition coefficient (Wildman–Crippen LogP) is 4.24. The molecule has 0 saturated heterocycles. The number of hydrogen-bond donors (Lipinski definition) is 2. The summed E-state index contributed by atoms with van der Waals surface area (Å²) in [5.74, 6) is -0.919. The molecule has 2 amide bonds. The van der Waals surface area contributed by atoms with Gasteiger partial charge in [0.2, 0.25) is 0 Å². The number of nitrogens with two attached hydrogens (primary N) is 1. The molecule has 1 heterocycles. The van der Waals surface area contributed by atoms with Crippen LogP contribution in [0.1, 0.15) is 26.4 Å². The molecule has 0 saturated carbocycles. The van der Waals surface area contributed by atoms with E-state index < -0.39 is 15.7 Å². The van der Waals surface area contributed by atoms with E-state index in [2.05, 4.69) is 10.4 Å². The topological polar surface area (TPSA) is 124 Å². The van der Waals surface area contributed by atoms with Crippen LogP contribution in [0.25, 0.3) is 27.4 Å². The van der Waals surface area contributed by atoms with E-state index in [0.717, 1.165) is 22.6 Å². The molecule has 5 aromatic rings. The number of amides is 2. The lowest BCUT2D eigenvalue weighted by molar-refractivity contribution is 0.0994. The third-order valence-electron chi connectivity index (χ3n) is 6.05. The van der Waals surface area contributed by atoms with Crippen molar-refractivity contribution >= 4 is 49.0 Å². The van der Waals surface area contributed by atoms with E-state index in [1.54, 1.807) is 35.0 Å². The van der Waals surface area contributed by atoms with Gasteiger partial charge in [0.1, 0.15) is 0 Å².